The molecule has 2 atom stereocenters. The van der Waals surface area contributed by atoms with Crippen LogP contribution in [-0.4, -0.2) is 50.5 Å². The maximum absolute atomic E-state index is 13.9. The predicted octanol–water partition coefficient (Wildman–Crippen LogP) is 2.86. The first-order valence-electron chi connectivity index (χ1n) is 11.4. The van der Waals surface area contributed by atoms with Gasteiger partial charge in [0.2, 0.25) is 5.91 Å². The number of aliphatic hydroxyl groups is 2. The summed E-state index contributed by atoms with van der Waals surface area (Å²) in [6.45, 7) is 0.705. The van der Waals surface area contributed by atoms with Gasteiger partial charge in [-0.3, -0.25) is 4.79 Å². The van der Waals surface area contributed by atoms with Crippen LogP contribution in [0, 0.1) is 11.6 Å². The van der Waals surface area contributed by atoms with E-state index < -0.39 is 17.9 Å². The fourth-order valence-electron chi connectivity index (χ4n) is 4.22. The highest BCUT2D eigenvalue weighted by Gasteiger charge is 2.29. The maximum Gasteiger partial charge on any atom is 0.246 e. The van der Waals surface area contributed by atoms with Crippen molar-refractivity contribution in [2.75, 3.05) is 25.4 Å². The van der Waals surface area contributed by atoms with Crippen LogP contribution < -0.4 is 16.2 Å². The number of nitrogens with zero attached hydrogens (tertiary/aromatic N) is 3. The van der Waals surface area contributed by atoms with Gasteiger partial charge in [-0.2, -0.15) is 5.10 Å². The maximum atomic E-state index is 13.9. The van der Waals surface area contributed by atoms with Crippen LogP contribution in [-0.2, 0) is 4.79 Å². The minimum atomic E-state index is -1.40. The molecule has 1 amide bonds. The van der Waals surface area contributed by atoms with E-state index in [2.05, 4.69) is 5.10 Å². The number of piperidine rings is 1. The number of ether oxygens (including phenoxy) is 1. The van der Waals surface area contributed by atoms with Crippen LogP contribution in [0.1, 0.15) is 30.7 Å². The van der Waals surface area contributed by atoms with Crippen LogP contribution in [0.2, 0.25) is 0 Å². The van der Waals surface area contributed by atoms with E-state index >= 15 is 0 Å². The van der Waals surface area contributed by atoms with E-state index in [-0.39, 0.29) is 35.7 Å². The van der Waals surface area contributed by atoms with Crippen molar-refractivity contribution in [2.24, 2.45) is 5.73 Å². The second kappa shape index (κ2) is 10.9. The fourth-order valence-corrected chi connectivity index (χ4v) is 4.22. The molecule has 0 saturated carbocycles. The second-order valence-electron chi connectivity index (χ2n) is 8.40. The Labute approximate surface area is 206 Å². The second-order valence-corrected chi connectivity index (χ2v) is 8.40. The van der Waals surface area contributed by atoms with Gasteiger partial charge >= 0.3 is 0 Å². The third kappa shape index (κ3) is 5.38. The Kier molecular flexibility index (Phi) is 7.63. The van der Waals surface area contributed by atoms with Crippen molar-refractivity contribution in [3.63, 3.8) is 0 Å². The highest BCUT2D eigenvalue weighted by molar-refractivity contribution is 5.87. The molecule has 3 aromatic rings. The average molecular weight is 500 g/mol. The van der Waals surface area contributed by atoms with Crippen molar-refractivity contribution in [3.8, 4) is 22.8 Å². The summed E-state index contributed by atoms with van der Waals surface area (Å²) < 4.78 is 34.1. The molecule has 1 aliphatic rings. The number of benzene rings is 2. The zero-order valence-electron chi connectivity index (χ0n) is 19.3. The number of rotatable bonds is 7. The van der Waals surface area contributed by atoms with Crippen molar-refractivity contribution in [3.05, 3.63) is 71.8 Å². The molecule has 1 aliphatic heterocycles. The number of nitrogens with two attached hydrogens (primary N) is 2. The molecular formula is C25H27F2N5O4. The van der Waals surface area contributed by atoms with Crippen molar-refractivity contribution in [1.82, 2.24) is 14.7 Å². The number of aliphatic hydroxyl groups excluding tert-OH is 2. The number of nitrogen functional groups attached to an aromatic ring is 1. The van der Waals surface area contributed by atoms with Crippen LogP contribution in [0.4, 0.5) is 14.6 Å². The lowest BCUT2D eigenvalue weighted by molar-refractivity contribution is -0.127. The van der Waals surface area contributed by atoms with E-state index in [4.69, 9.17) is 21.3 Å². The summed E-state index contributed by atoms with van der Waals surface area (Å²) in [5.74, 6) is -1.37. The molecule has 11 heteroatoms. The SMILES string of the molecule is Nc1c(C(N)O)c(-c2ccc(Oc3ccc(F)cc3F)cc2)nn1C1CCCN(C(=O)C=CCO)C1. The summed E-state index contributed by atoms with van der Waals surface area (Å²) in [7, 11) is 0. The number of halogens is 2. The van der Waals surface area contributed by atoms with Crippen LogP contribution in [0.25, 0.3) is 11.3 Å². The molecule has 0 aliphatic carbocycles. The molecule has 2 aromatic carbocycles. The van der Waals surface area contributed by atoms with Crippen LogP contribution >= 0.6 is 0 Å². The lowest BCUT2D eigenvalue weighted by atomic mass is 10.0. The van der Waals surface area contributed by atoms with Gasteiger partial charge in [0.25, 0.3) is 0 Å². The highest BCUT2D eigenvalue weighted by Crippen LogP contribution is 2.35. The monoisotopic (exact) mass is 499 g/mol. The normalized spacial score (nSPS) is 16.9. The Morgan fingerprint density at radius 1 is 1.25 bits per heavy atom. The number of likely N-dealkylation sites (tertiary alicyclic amines) is 1. The zero-order chi connectivity index (χ0) is 25.8. The molecule has 2 unspecified atom stereocenters. The zero-order valence-corrected chi connectivity index (χ0v) is 19.3. The van der Waals surface area contributed by atoms with Gasteiger partial charge in [0, 0.05) is 30.8 Å². The summed E-state index contributed by atoms with van der Waals surface area (Å²) in [6.07, 6.45) is 2.76. The molecule has 1 saturated heterocycles. The Bertz CT molecular complexity index is 1260. The number of amides is 1. The van der Waals surface area contributed by atoms with Crippen molar-refractivity contribution in [1.29, 1.82) is 0 Å². The van der Waals surface area contributed by atoms with E-state index in [1.165, 1.54) is 18.2 Å². The molecule has 36 heavy (non-hydrogen) atoms. The highest BCUT2D eigenvalue weighted by atomic mass is 19.1. The van der Waals surface area contributed by atoms with Crippen LogP contribution in [0.3, 0.4) is 0 Å². The molecule has 0 bridgehead atoms. The number of hydrogen-bond acceptors (Lipinski definition) is 7. The molecule has 1 fully saturated rings. The first-order chi connectivity index (χ1) is 17.3. The van der Waals surface area contributed by atoms with Crippen LogP contribution in [0.5, 0.6) is 11.5 Å². The first kappa shape index (κ1) is 25.3. The number of carbonyl (C=O) groups excluding carboxylic acids is 1. The minimum absolute atomic E-state index is 0.124. The summed E-state index contributed by atoms with van der Waals surface area (Å²) in [5, 5.41) is 23.8. The standard InChI is InChI=1S/C25H27F2N5O4/c26-16-7-10-20(19(27)13-16)36-18-8-5-15(6-9-18)23-22(25(29)35)24(28)32(30-23)17-3-1-11-31(14-17)21(34)4-2-12-33/h2,4-10,13,17,25,33,35H,1,3,11-12,14,28-29H2. The number of carbonyl (C=O) groups is 1. The molecule has 0 spiro atoms. The van der Waals surface area contributed by atoms with E-state index in [1.54, 1.807) is 33.8 Å². The number of anilines is 1. The molecule has 0 radical (unpaired) electrons. The molecule has 4 rings (SSSR count). The number of hydrogen-bond donors (Lipinski definition) is 4. The van der Waals surface area contributed by atoms with Crippen molar-refractivity contribution in [2.45, 2.75) is 25.1 Å². The summed E-state index contributed by atoms with van der Waals surface area (Å²) >= 11 is 0. The summed E-state index contributed by atoms with van der Waals surface area (Å²) in [5.41, 5.74) is 13.4. The average Bonchev–Trinajstić information content (AvgIpc) is 3.22. The Hall–Kier alpha value is -3.80. The molecule has 190 valence electrons. The molecule has 6 N–H and O–H groups in total. The van der Waals surface area contributed by atoms with Crippen molar-refractivity contribution < 1.29 is 28.5 Å². The molecule has 1 aromatic heterocycles. The topological polar surface area (TPSA) is 140 Å². The first-order valence-corrected chi connectivity index (χ1v) is 11.4. The molecular weight excluding hydrogens is 472 g/mol. The van der Waals surface area contributed by atoms with Crippen molar-refractivity contribution >= 4 is 11.7 Å². The van der Waals surface area contributed by atoms with Gasteiger partial charge in [0.1, 0.15) is 29.3 Å². The van der Waals surface area contributed by atoms with E-state index in [9.17, 15) is 18.7 Å². The van der Waals surface area contributed by atoms with E-state index in [0.29, 0.717) is 30.1 Å². The Balaban J connectivity index is 1.59. The fraction of sp³-hybridized carbons (Fsp3) is 0.280. The van der Waals surface area contributed by atoms with E-state index in [0.717, 1.165) is 25.0 Å². The summed E-state index contributed by atoms with van der Waals surface area (Å²) in [4.78, 5) is 14.0. The van der Waals surface area contributed by atoms with Gasteiger partial charge in [0.15, 0.2) is 11.6 Å². The van der Waals surface area contributed by atoms with Gasteiger partial charge < -0.3 is 31.3 Å². The largest absolute Gasteiger partial charge is 0.454 e. The predicted molar refractivity (Wildman–Crippen MR) is 129 cm³/mol. The lowest BCUT2D eigenvalue weighted by Gasteiger charge is -2.32. The van der Waals surface area contributed by atoms with Crippen LogP contribution in [0.15, 0.2) is 54.6 Å². The van der Waals surface area contributed by atoms with Gasteiger partial charge in [-0.05, 0) is 49.2 Å². The van der Waals surface area contributed by atoms with Gasteiger partial charge in [0.05, 0.1) is 18.2 Å². The third-order valence-electron chi connectivity index (χ3n) is 5.95. The third-order valence-corrected chi connectivity index (χ3v) is 5.95. The van der Waals surface area contributed by atoms with E-state index in [1.807, 2.05) is 0 Å². The summed E-state index contributed by atoms with van der Waals surface area (Å²) in [6, 6.07) is 9.26. The Morgan fingerprint density at radius 3 is 2.67 bits per heavy atom. The Morgan fingerprint density at radius 2 is 2.00 bits per heavy atom. The number of aromatic nitrogens is 2. The smallest absolute Gasteiger partial charge is 0.246 e. The quantitative estimate of drug-likeness (QED) is 0.289. The molecule has 2 heterocycles. The van der Waals surface area contributed by atoms with Gasteiger partial charge in [-0.15, -0.1) is 0 Å². The minimum Gasteiger partial charge on any atom is -0.454 e. The lowest BCUT2D eigenvalue weighted by Crippen LogP contribution is -2.40. The van der Waals surface area contributed by atoms with Gasteiger partial charge in [-0.25, -0.2) is 13.5 Å². The van der Waals surface area contributed by atoms with Gasteiger partial charge in [-0.1, -0.05) is 6.08 Å². The molecule has 9 nitrogen and oxygen atoms in total.